The Bertz CT molecular complexity index is 2380. The first kappa shape index (κ1) is 27.3. The molecule has 4 heteroatoms. The second-order valence-electron chi connectivity index (χ2n) is 13.0. The zero-order valence-corrected chi connectivity index (χ0v) is 26.4. The molecule has 3 unspecified atom stereocenters. The third-order valence-corrected chi connectivity index (χ3v) is 10.3. The Morgan fingerprint density at radius 3 is 2.29 bits per heavy atom. The molecule has 2 aliphatic carbocycles. The number of benzene rings is 5. The van der Waals surface area contributed by atoms with Gasteiger partial charge in [-0.05, 0) is 66.4 Å². The number of anilines is 1. The van der Waals surface area contributed by atoms with Crippen LogP contribution in [0.4, 0.5) is 5.69 Å². The summed E-state index contributed by atoms with van der Waals surface area (Å²) in [7, 11) is 0. The van der Waals surface area contributed by atoms with Crippen LogP contribution in [0.3, 0.4) is 0 Å². The Labute approximate surface area is 279 Å². The van der Waals surface area contributed by atoms with E-state index in [4.69, 9.17) is 9.73 Å². The van der Waals surface area contributed by atoms with E-state index in [1.54, 1.807) is 0 Å². The van der Waals surface area contributed by atoms with Crippen molar-refractivity contribution in [2.45, 2.75) is 31.0 Å². The minimum atomic E-state index is -0.0565. The number of hydrogen-bond acceptors (Lipinski definition) is 3. The lowest BCUT2D eigenvalue weighted by Crippen LogP contribution is -2.43. The van der Waals surface area contributed by atoms with E-state index in [9.17, 15) is 0 Å². The topological polar surface area (TPSA) is 29.8 Å². The van der Waals surface area contributed by atoms with Gasteiger partial charge in [-0.3, -0.25) is 4.90 Å². The van der Waals surface area contributed by atoms with Gasteiger partial charge in [-0.15, -0.1) is 0 Å². The van der Waals surface area contributed by atoms with E-state index in [-0.39, 0.29) is 18.2 Å². The molecular formula is C44H33N3O. The number of nitrogens with zero attached hydrogens (tertiary/aromatic N) is 3. The third kappa shape index (κ3) is 4.19. The first-order valence-electron chi connectivity index (χ1n) is 16.9. The summed E-state index contributed by atoms with van der Waals surface area (Å²) >= 11 is 0. The van der Waals surface area contributed by atoms with Gasteiger partial charge >= 0.3 is 0 Å². The molecule has 4 aliphatic rings. The maximum Gasteiger partial charge on any atom is 0.154 e. The van der Waals surface area contributed by atoms with Crippen LogP contribution >= 0.6 is 0 Å². The molecule has 230 valence electrons. The van der Waals surface area contributed by atoms with Crippen molar-refractivity contribution >= 4 is 33.3 Å². The van der Waals surface area contributed by atoms with Crippen LogP contribution in [0.5, 0.6) is 0 Å². The van der Waals surface area contributed by atoms with Gasteiger partial charge in [0.1, 0.15) is 17.7 Å². The van der Waals surface area contributed by atoms with Crippen LogP contribution in [0.15, 0.2) is 180 Å². The zero-order valence-electron chi connectivity index (χ0n) is 26.4. The average Bonchev–Trinajstić information content (AvgIpc) is 3.68. The molecule has 0 spiro atoms. The number of ether oxygens (including phenoxy) is 1. The zero-order chi connectivity index (χ0) is 31.6. The quantitative estimate of drug-likeness (QED) is 0.192. The summed E-state index contributed by atoms with van der Waals surface area (Å²) in [6.07, 6.45) is 13.3. The lowest BCUT2D eigenvalue weighted by atomic mass is 9.82. The van der Waals surface area contributed by atoms with Crippen LogP contribution in [-0.4, -0.2) is 16.5 Å². The van der Waals surface area contributed by atoms with Gasteiger partial charge in [0.2, 0.25) is 0 Å². The summed E-state index contributed by atoms with van der Waals surface area (Å²) in [6, 6.07) is 45.7. The molecule has 0 radical (unpaired) electrons. The maximum absolute atomic E-state index is 6.61. The minimum absolute atomic E-state index is 0.0203. The molecular weight excluding hydrogens is 587 g/mol. The van der Waals surface area contributed by atoms with Crippen molar-refractivity contribution in [2.75, 3.05) is 4.90 Å². The van der Waals surface area contributed by atoms with E-state index in [1.165, 1.54) is 44.1 Å². The van der Waals surface area contributed by atoms with Crippen LogP contribution in [0.25, 0.3) is 27.5 Å². The first-order chi connectivity index (χ1) is 23.8. The molecule has 0 amide bonds. The number of aromatic nitrogens is 1. The summed E-state index contributed by atoms with van der Waals surface area (Å²) in [4.78, 5) is 7.44. The molecule has 3 heterocycles. The maximum atomic E-state index is 6.61. The fraction of sp³-hybridized carbons (Fsp3) is 0.114. The van der Waals surface area contributed by atoms with E-state index in [1.807, 2.05) is 0 Å². The molecule has 1 aromatic heterocycles. The van der Waals surface area contributed by atoms with Crippen molar-refractivity contribution in [3.63, 3.8) is 0 Å². The molecule has 0 saturated carbocycles. The van der Waals surface area contributed by atoms with Crippen molar-refractivity contribution in [3.8, 4) is 5.69 Å². The highest BCUT2D eigenvalue weighted by Gasteiger charge is 2.38. The second kappa shape index (κ2) is 10.9. The number of fused-ring (bicyclic) bond motifs is 5. The van der Waals surface area contributed by atoms with Gasteiger partial charge in [-0.1, -0.05) is 115 Å². The number of amidine groups is 1. The molecule has 10 rings (SSSR count). The molecule has 6 aromatic rings. The lowest BCUT2D eigenvalue weighted by Gasteiger charge is -2.40. The summed E-state index contributed by atoms with van der Waals surface area (Å²) in [5.74, 6) is 2.20. The number of para-hydroxylation sites is 1. The highest BCUT2D eigenvalue weighted by molar-refractivity contribution is 6.14. The van der Waals surface area contributed by atoms with Gasteiger partial charge in [0.05, 0.1) is 11.0 Å². The molecule has 2 aliphatic heterocycles. The monoisotopic (exact) mass is 619 g/mol. The van der Waals surface area contributed by atoms with Crippen molar-refractivity contribution in [1.82, 2.24) is 4.57 Å². The van der Waals surface area contributed by atoms with Crippen LogP contribution < -0.4 is 4.90 Å². The van der Waals surface area contributed by atoms with E-state index >= 15 is 0 Å². The molecule has 48 heavy (non-hydrogen) atoms. The van der Waals surface area contributed by atoms with Gasteiger partial charge in [-0.25, -0.2) is 4.99 Å². The van der Waals surface area contributed by atoms with Gasteiger partial charge in [0.15, 0.2) is 6.17 Å². The van der Waals surface area contributed by atoms with Gasteiger partial charge in [-0.2, -0.15) is 0 Å². The molecule has 0 N–H and O–H groups in total. The molecule has 3 atom stereocenters. The lowest BCUT2D eigenvalue weighted by molar-refractivity contribution is 0.162. The second-order valence-corrected chi connectivity index (χ2v) is 13.0. The normalized spacial score (nSPS) is 21.1. The van der Waals surface area contributed by atoms with Crippen molar-refractivity contribution in [3.05, 3.63) is 191 Å². The van der Waals surface area contributed by atoms with E-state index in [0.29, 0.717) is 0 Å². The average molecular weight is 620 g/mol. The Hall–Kier alpha value is -5.87. The Morgan fingerprint density at radius 1 is 0.688 bits per heavy atom. The van der Waals surface area contributed by atoms with Gasteiger partial charge in [0.25, 0.3) is 0 Å². The number of hydrogen-bond donors (Lipinski definition) is 0. The predicted molar refractivity (Wildman–Crippen MR) is 196 cm³/mol. The van der Waals surface area contributed by atoms with Crippen LogP contribution in [0.1, 0.15) is 41.6 Å². The largest absolute Gasteiger partial charge is 0.484 e. The van der Waals surface area contributed by atoms with Crippen LogP contribution in [-0.2, 0) is 4.74 Å². The molecule has 4 nitrogen and oxygen atoms in total. The number of rotatable bonds is 5. The van der Waals surface area contributed by atoms with Crippen LogP contribution in [0, 0.1) is 0 Å². The summed E-state index contributed by atoms with van der Waals surface area (Å²) in [5, 5.41) is 2.51. The minimum Gasteiger partial charge on any atom is -0.484 e. The predicted octanol–water partition coefficient (Wildman–Crippen LogP) is 10.3. The fourth-order valence-electron chi connectivity index (χ4n) is 7.98. The third-order valence-electron chi connectivity index (χ3n) is 10.3. The standard InChI is InChI=1S/C44H33N3O/c1-3-12-29(13-4-1)43-45-44(30-14-5-2-6-15-30)47(43)33-25-23-32(24-26-33)46-39-20-9-7-16-35(39)36-27-22-31(28-40(36)46)34-18-11-19-38-37-17-8-10-21-41(37)48-42(34)38/h1-7,9-16,18-28,34,42-43H,8,17H2. The molecule has 5 aromatic carbocycles. The highest BCUT2D eigenvalue weighted by atomic mass is 16.5. The summed E-state index contributed by atoms with van der Waals surface area (Å²) in [5.41, 5.74) is 11.0. The van der Waals surface area contributed by atoms with E-state index < -0.39 is 0 Å². The smallest absolute Gasteiger partial charge is 0.154 e. The van der Waals surface area contributed by atoms with Crippen molar-refractivity contribution in [2.24, 2.45) is 4.99 Å². The molecule has 0 fully saturated rings. The number of allylic oxidation sites excluding steroid dienone is 4. The molecule has 0 bridgehead atoms. The van der Waals surface area contributed by atoms with Crippen molar-refractivity contribution < 1.29 is 4.74 Å². The number of aliphatic imine (C=N–C) groups is 1. The van der Waals surface area contributed by atoms with Gasteiger partial charge in [0, 0.05) is 44.8 Å². The fourth-order valence-corrected chi connectivity index (χ4v) is 7.98. The Balaban J connectivity index is 1.05. The van der Waals surface area contributed by atoms with Gasteiger partial charge < -0.3 is 9.30 Å². The van der Waals surface area contributed by atoms with Crippen molar-refractivity contribution in [1.29, 1.82) is 0 Å². The summed E-state index contributed by atoms with van der Waals surface area (Å²) in [6.45, 7) is 0. The summed E-state index contributed by atoms with van der Waals surface area (Å²) < 4.78 is 9.02. The van der Waals surface area contributed by atoms with E-state index in [2.05, 4.69) is 167 Å². The SMILES string of the molecule is C1=CC(c2ccc3c4ccccc4n(-c4ccc(N5C(c6ccccc6)=NC5c5ccccc5)cc4)c3c2)C2OC3=C(CCC=C3)C2=C1. The van der Waals surface area contributed by atoms with E-state index in [0.717, 1.165) is 41.4 Å². The molecule has 0 saturated heterocycles. The van der Waals surface area contributed by atoms with Crippen LogP contribution in [0.2, 0.25) is 0 Å². The first-order valence-corrected chi connectivity index (χ1v) is 16.9. The Morgan fingerprint density at radius 2 is 1.44 bits per heavy atom. The Kier molecular flexibility index (Phi) is 6.16. The highest BCUT2D eigenvalue weighted by Crippen LogP contribution is 2.46.